The quantitative estimate of drug-likeness (QED) is 0.212. The first-order valence-corrected chi connectivity index (χ1v) is 9.80. The van der Waals surface area contributed by atoms with E-state index in [4.69, 9.17) is 0 Å². The lowest BCUT2D eigenvalue weighted by molar-refractivity contribution is 0.472. The van der Waals surface area contributed by atoms with E-state index in [0.717, 1.165) is 44.4 Å². The van der Waals surface area contributed by atoms with Crippen LogP contribution in [0.2, 0.25) is 0 Å². The fourth-order valence-corrected chi connectivity index (χ4v) is 3.49. The Morgan fingerprint density at radius 2 is 2.04 bits per heavy atom. The SMILES string of the molecule is CCNC(=NCCCc1cn[nH]c1C)NCCCCC1CCCC1.I. The van der Waals surface area contributed by atoms with Gasteiger partial charge in [0.25, 0.3) is 0 Å². The minimum Gasteiger partial charge on any atom is -0.357 e. The van der Waals surface area contributed by atoms with E-state index in [1.54, 1.807) is 0 Å². The highest BCUT2D eigenvalue weighted by molar-refractivity contribution is 14.0. The summed E-state index contributed by atoms with van der Waals surface area (Å²) in [6.45, 7) is 6.98. The first-order valence-electron chi connectivity index (χ1n) is 9.80. The second kappa shape index (κ2) is 13.4. The van der Waals surface area contributed by atoms with Crippen LogP contribution < -0.4 is 10.6 Å². The topological polar surface area (TPSA) is 65.1 Å². The number of hydrogen-bond donors (Lipinski definition) is 3. The minimum absolute atomic E-state index is 0. The van der Waals surface area contributed by atoms with Crippen molar-refractivity contribution in [3.63, 3.8) is 0 Å². The molecule has 0 amide bonds. The number of guanidine groups is 1. The van der Waals surface area contributed by atoms with E-state index in [-0.39, 0.29) is 24.0 Å². The van der Waals surface area contributed by atoms with Crippen LogP contribution >= 0.6 is 24.0 Å². The Labute approximate surface area is 170 Å². The van der Waals surface area contributed by atoms with E-state index in [9.17, 15) is 0 Å². The van der Waals surface area contributed by atoms with Crippen molar-refractivity contribution in [1.29, 1.82) is 0 Å². The van der Waals surface area contributed by atoms with Gasteiger partial charge in [-0.25, -0.2) is 0 Å². The van der Waals surface area contributed by atoms with Crippen molar-refractivity contribution in [2.75, 3.05) is 19.6 Å². The van der Waals surface area contributed by atoms with Gasteiger partial charge >= 0.3 is 0 Å². The number of aromatic amines is 1. The lowest BCUT2D eigenvalue weighted by Crippen LogP contribution is -2.37. The molecule has 1 aromatic rings. The van der Waals surface area contributed by atoms with Crippen LogP contribution in [0.15, 0.2) is 11.2 Å². The molecule has 0 aromatic carbocycles. The van der Waals surface area contributed by atoms with E-state index >= 15 is 0 Å². The highest BCUT2D eigenvalue weighted by Gasteiger charge is 2.13. The number of rotatable bonds is 10. The summed E-state index contributed by atoms with van der Waals surface area (Å²) in [5.74, 6) is 1.97. The molecule has 0 atom stereocenters. The monoisotopic (exact) mass is 461 g/mol. The summed E-state index contributed by atoms with van der Waals surface area (Å²) in [6.07, 6.45) is 13.9. The standard InChI is InChI=1S/C19H35N5.HI/c1-3-20-19(21-13-7-6-11-17-9-4-5-10-17)22-14-8-12-18-15-23-24-16(18)2;/h15,17H,3-14H2,1-2H3,(H,23,24)(H2,20,21,22);1H. The number of halogens is 1. The van der Waals surface area contributed by atoms with Gasteiger partial charge in [0.15, 0.2) is 5.96 Å². The number of nitrogens with one attached hydrogen (secondary N) is 3. The Morgan fingerprint density at radius 1 is 1.24 bits per heavy atom. The molecule has 5 nitrogen and oxygen atoms in total. The van der Waals surface area contributed by atoms with Gasteiger partial charge in [-0.1, -0.05) is 38.5 Å². The molecule has 0 saturated heterocycles. The van der Waals surface area contributed by atoms with Crippen molar-refractivity contribution >= 4 is 29.9 Å². The van der Waals surface area contributed by atoms with E-state index in [1.165, 1.54) is 56.2 Å². The van der Waals surface area contributed by atoms with Crippen LogP contribution in [0.4, 0.5) is 0 Å². The van der Waals surface area contributed by atoms with Crippen molar-refractivity contribution < 1.29 is 0 Å². The zero-order chi connectivity index (χ0) is 17.0. The third-order valence-corrected chi connectivity index (χ3v) is 4.96. The van der Waals surface area contributed by atoms with E-state index in [1.807, 2.05) is 6.20 Å². The number of nitrogens with zero attached hydrogens (tertiary/aromatic N) is 2. The van der Waals surface area contributed by atoms with Crippen LogP contribution in [0, 0.1) is 12.8 Å². The van der Waals surface area contributed by atoms with Gasteiger partial charge in [-0.15, -0.1) is 24.0 Å². The van der Waals surface area contributed by atoms with Crippen LogP contribution in [0.25, 0.3) is 0 Å². The molecule has 0 spiro atoms. The van der Waals surface area contributed by atoms with Crippen LogP contribution in [0.1, 0.15) is 69.5 Å². The zero-order valence-electron chi connectivity index (χ0n) is 15.9. The van der Waals surface area contributed by atoms with Gasteiger partial charge in [-0.2, -0.15) is 5.10 Å². The highest BCUT2D eigenvalue weighted by atomic mass is 127. The summed E-state index contributed by atoms with van der Waals surface area (Å²) in [6, 6.07) is 0. The smallest absolute Gasteiger partial charge is 0.191 e. The molecule has 1 aliphatic rings. The number of hydrogen-bond acceptors (Lipinski definition) is 2. The lowest BCUT2D eigenvalue weighted by Gasteiger charge is -2.12. The van der Waals surface area contributed by atoms with Crippen molar-refractivity contribution in [2.24, 2.45) is 10.9 Å². The van der Waals surface area contributed by atoms with Crippen LogP contribution in [-0.4, -0.2) is 35.8 Å². The van der Waals surface area contributed by atoms with E-state index in [2.05, 4.69) is 39.7 Å². The first-order chi connectivity index (χ1) is 11.8. The zero-order valence-corrected chi connectivity index (χ0v) is 18.3. The highest BCUT2D eigenvalue weighted by Crippen LogP contribution is 2.28. The maximum Gasteiger partial charge on any atom is 0.191 e. The van der Waals surface area contributed by atoms with Crippen LogP contribution in [0.3, 0.4) is 0 Å². The molecule has 0 aliphatic heterocycles. The Hall–Kier alpha value is -0.790. The lowest BCUT2D eigenvalue weighted by atomic mass is 10.0. The number of H-pyrrole nitrogens is 1. The number of unbranched alkanes of at least 4 members (excludes halogenated alkanes) is 1. The number of aliphatic imine (C=N–C) groups is 1. The molecule has 25 heavy (non-hydrogen) atoms. The molecule has 2 rings (SSSR count). The maximum atomic E-state index is 4.68. The fraction of sp³-hybridized carbons (Fsp3) is 0.789. The predicted molar refractivity (Wildman–Crippen MR) is 117 cm³/mol. The van der Waals surface area contributed by atoms with E-state index in [0.29, 0.717) is 0 Å². The summed E-state index contributed by atoms with van der Waals surface area (Å²) in [7, 11) is 0. The van der Waals surface area contributed by atoms with Gasteiger partial charge in [0.2, 0.25) is 0 Å². The third-order valence-electron chi connectivity index (χ3n) is 4.96. The van der Waals surface area contributed by atoms with Crippen molar-refractivity contribution in [1.82, 2.24) is 20.8 Å². The second-order valence-corrected chi connectivity index (χ2v) is 6.96. The Bertz CT molecular complexity index is 480. The van der Waals surface area contributed by atoms with Gasteiger partial charge < -0.3 is 10.6 Å². The van der Waals surface area contributed by atoms with Crippen LogP contribution in [-0.2, 0) is 6.42 Å². The molecule has 1 aliphatic carbocycles. The summed E-state index contributed by atoms with van der Waals surface area (Å²) >= 11 is 0. The molecule has 144 valence electrons. The molecule has 1 heterocycles. The Balaban J connectivity index is 0.00000312. The molecule has 1 fully saturated rings. The van der Waals surface area contributed by atoms with Gasteiger partial charge in [-0.3, -0.25) is 10.1 Å². The van der Waals surface area contributed by atoms with E-state index < -0.39 is 0 Å². The largest absolute Gasteiger partial charge is 0.357 e. The number of aromatic nitrogens is 2. The molecule has 1 aromatic heterocycles. The molecule has 3 N–H and O–H groups in total. The first kappa shape index (κ1) is 22.3. The van der Waals surface area contributed by atoms with Crippen molar-refractivity contribution in [3.05, 3.63) is 17.5 Å². The third kappa shape index (κ3) is 8.92. The summed E-state index contributed by atoms with van der Waals surface area (Å²) < 4.78 is 0. The summed E-state index contributed by atoms with van der Waals surface area (Å²) in [5.41, 5.74) is 2.47. The minimum atomic E-state index is 0. The van der Waals surface area contributed by atoms with Gasteiger partial charge in [0.1, 0.15) is 0 Å². The molecule has 6 heteroatoms. The normalized spacial score (nSPS) is 15.2. The van der Waals surface area contributed by atoms with Gasteiger partial charge in [0, 0.05) is 25.3 Å². The maximum absolute atomic E-state index is 4.68. The molecule has 0 unspecified atom stereocenters. The molecular weight excluding hydrogens is 425 g/mol. The summed E-state index contributed by atoms with van der Waals surface area (Å²) in [4.78, 5) is 4.68. The predicted octanol–water partition coefficient (Wildman–Crippen LogP) is 4.18. The number of aryl methyl sites for hydroxylation is 2. The Kier molecular flexibility index (Phi) is 11.9. The summed E-state index contributed by atoms with van der Waals surface area (Å²) in [5, 5.41) is 13.9. The fourth-order valence-electron chi connectivity index (χ4n) is 3.49. The van der Waals surface area contributed by atoms with Crippen molar-refractivity contribution in [3.8, 4) is 0 Å². The van der Waals surface area contributed by atoms with Crippen molar-refractivity contribution in [2.45, 2.75) is 71.6 Å². The second-order valence-electron chi connectivity index (χ2n) is 6.96. The Morgan fingerprint density at radius 3 is 2.72 bits per heavy atom. The van der Waals surface area contributed by atoms with Crippen LogP contribution in [0.5, 0.6) is 0 Å². The molecular formula is C19H36IN5. The molecule has 1 saturated carbocycles. The molecule has 0 bridgehead atoms. The molecule has 0 radical (unpaired) electrons. The van der Waals surface area contributed by atoms with Gasteiger partial charge in [0.05, 0.1) is 6.20 Å². The average molecular weight is 461 g/mol. The average Bonchev–Trinajstić information content (AvgIpc) is 3.23. The van der Waals surface area contributed by atoms with Gasteiger partial charge in [-0.05, 0) is 44.6 Å².